The summed E-state index contributed by atoms with van der Waals surface area (Å²) in [5.74, 6) is 0.953. The molecule has 1 fully saturated rings. The maximum atomic E-state index is 12.5. The molecule has 1 aromatic carbocycles. The highest BCUT2D eigenvalue weighted by molar-refractivity contribution is 7.91. The van der Waals surface area contributed by atoms with Crippen LogP contribution in [0.1, 0.15) is 32.1 Å². The van der Waals surface area contributed by atoms with E-state index in [0.29, 0.717) is 10.8 Å². The molecule has 3 rings (SSSR count). The zero-order valence-corrected chi connectivity index (χ0v) is 12.5. The second-order valence-electron chi connectivity index (χ2n) is 5.87. The Kier molecular flexibility index (Phi) is 3.92. The molecule has 3 nitrogen and oxygen atoms in total. The normalized spacial score (nSPS) is 26.7. The molecule has 0 saturated heterocycles. The number of rotatable bonds is 4. The van der Waals surface area contributed by atoms with E-state index in [1.54, 1.807) is 24.3 Å². The smallest absolute Gasteiger partial charge is 0.178 e. The van der Waals surface area contributed by atoms with Crippen molar-refractivity contribution in [1.29, 1.82) is 0 Å². The van der Waals surface area contributed by atoms with Crippen molar-refractivity contribution < 1.29 is 8.42 Å². The van der Waals surface area contributed by atoms with Crippen LogP contribution in [0.15, 0.2) is 40.2 Å². The van der Waals surface area contributed by atoms with Crippen LogP contribution in [0, 0.1) is 11.8 Å². The Balaban J connectivity index is 1.76. The van der Waals surface area contributed by atoms with Gasteiger partial charge in [0.1, 0.15) is 0 Å². The predicted molar refractivity (Wildman–Crippen MR) is 80.9 cm³/mol. The second-order valence-corrected chi connectivity index (χ2v) is 7.90. The van der Waals surface area contributed by atoms with Crippen molar-refractivity contribution in [3.63, 3.8) is 0 Å². The largest absolute Gasteiger partial charge is 0.294 e. The van der Waals surface area contributed by atoms with Gasteiger partial charge in [-0.05, 0) is 43.7 Å². The number of benzene rings is 1. The highest BCUT2D eigenvalue weighted by Gasteiger charge is 2.35. The number of nitrogens with zero attached hydrogens (tertiary/aromatic N) is 1. The van der Waals surface area contributed by atoms with E-state index < -0.39 is 9.84 Å². The minimum absolute atomic E-state index is 0.261. The van der Waals surface area contributed by atoms with Crippen molar-refractivity contribution in [2.45, 2.75) is 37.0 Å². The van der Waals surface area contributed by atoms with E-state index in [2.05, 4.69) is 4.99 Å². The van der Waals surface area contributed by atoms with Crippen LogP contribution in [0.5, 0.6) is 0 Å². The molecule has 4 heteroatoms. The molecule has 2 aliphatic rings. The predicted octanol–water partition coefficient (Wildman–Crippen LogP) is 3.11. The van der Waals surface area contributed by atoms with Crippen LogP contribution in [0.3, 0.4) is 0 Å². The van der Waals surface area contributed by atoms with Gasteiger partial charge in [-0.2, -0.15) is 0 Å². The molecule has 2 atom stereocenters. The lowest BCUT2D eigenvalue weighted by Gasteiger charge is -2.19. The lowest BCUT2D eigenvalue weighted by Crippen LogP contribution is -2.24. The van der Waals surface area contributed by atoms with Crippen molar-refractivity contribution in [2.75, 3.05) is 12.3 Å². The first-order valence-electron chi connectivity index (χ1n) is 7.48. The average molecular weight is 291 g/mol. The van der Waals surface area contributed by atoms with Crippen molar-refractivity contribution in [3.05, 3.63) is 30.3 Å². The lowest BCUT2D eigenvalue weighted by atomic mass is 9.91. The van der Waals surface area contributed by atoms with Crippen LogP contribution >= 0.6 is 0 Å². The molecule has 20 heavy (non-hydrogen) atoms. The molecule has 1 saturated carbocycles. The number of hydrogen-bond acceptors (Lipinski definition) is 3. The molecule has 0 amide bonds. The molecule has 0 aromatic heterocycles. The summed E-state index contributed by atoms with van der Waals surface area (Å²) in [5.41, 5.74) is 1.29. The summed E-state index contributed by atoms with van der Waals surface area (Å²) < 4.78 is 25.0. The van der Waals surface area contributed by atoms with E-state index >= 15 is 0 Å². The summed E-state index contributed by atoms with van der Waals surface area (Å²) in [5, 5.41) is 0. The van der Waals surface area contributed by atoms with E-state index in [-0.39, 0.29) is 11.7 Å². The Labute approximate surface area is 121 Å². The topological polar surface area (TPSA) is 46.5 Å². The monoisotopic (exact) mass is 291 g/mol. The van der Waals surface area contributed by atoms with Gasteiger partial charge in [-0.15, -0.1) is 0 Å². The Morgan fingerprint density at radius 1 is 1.10 bits per heavy atom. The van der Waals surface area contributed by atoms with Gasteiger partial charge in [0.2, 0.25) is 0 Å². The molecule has 1 heterocycles. The third kappa shape index (κ3) is 2.80. The second kappa shape index (κ2) is 5.68. The molecule has 1 aromatic rings. The van der Waals surface area contributed by atoms with E-state index in [9.17, 15) is 8.42 Å². The Morgan fingerprint density at radius 3 is 2.60 bits per heavy atom. The minimum Gasteiger partial charge on any atom is -0.294 e. The van der Waals surface area contributed by atoms with Crippen LogP contribution in [0.4, 0.5) is 0 Å². The first kappa shape index (κ1) is 13.8. The molecule has 0 bridgehead atoms. The minimum atomic E-state index is -3.16. The van der Waals surface area contributed by atoms with Crippen molar-refractivity contribution in [3.8, 4) is 0 Å². The van der Waals surface area contributed by atoms with Gasteiger partial charge in [0.15, 0.2) is 9.84 Å². The third-order valence-electron chi connectivity index (χ3n) is 4.53. The van der Waals surface area contributed by atoms with Crippen molar-refractivity contribution in [1.82, 2.24) is 0 Å². The quantitative estimate of drug-likeness (QED) is 0.855. The van der Waals surface area contributed by atoms with Gasteiger partial charge in [0.05, 0.1) is 10.6 Å². The average Bonchev–Trinajstić information content (AvgIpc) is 3.10. The van der Waals surface area contributed by atoms with Crippen LogP contribution in [-0.2, 0) is 9.84 Å². The number of sulfone groups is 1. The molecule has 0 N–H and O–H groups in total. The highest BCUT2D eigenvalue weighted by atomic mass is 32.2. The molecule has 0 unspecified atom stereocenters. The Hall–Kier alpha value is -1.16. The Morgan fingerprint density at radius 2 is 1.90 bits per heavy atom. The van der Waals surface area contributed by atoms with Gasteiger partial charge in [-0.3, -0.25) is 4.99 Å². The van der Waals surface area contributed by atoms with Gasteiger partial charge in [0, 0.05) is 18.2 Å². The van der Waals surface area contributed by atoms with Crippen molar-refractivity contribution >= 4 is 15.5 Å². The fraction of sp³-hybridized carbons (Fsp3) is 0.562. The van der Waals surface area contributed by atoms with E-state index in [0.717, 1.165) is 38.6 Å². The van der Waals surface area contributed by atoms with E-state index in [1.165, 1.54) is 5.71 Å². The van der Waals surface area contributed by atoms with Gasteiger partial charge < -0.3 is 0 Å². The van der Waals surface area contributed by atoms with Gasteiger partial charge >= 0.3 is 0 Å². The van der Waals surface area contributed by atoms with Gasteiger partial charge in [0.25, 0.3) is 0 Å². The fourth-order valence-corrected chi connectivity index (χ4v) is 5.27. The molecule has 0 spiro atoms. The summed E-state index contributed by atoms with van der Waals surface area (Å²) >= 11 is 0. The molecular weight excluding hydrogens is 270 g/mol. The zero-order chi connectivity index (χ0) is 14.0. The van der Waals surface area contributed by atoms with E-state index in [4.69, 9.17) is 0 Å². The summed E-state index contributed by atoms with van der Waals surface area (Å²) in [7, 11) is -3.16. The lowest BCUT2D eigenvalue weighted by molar-refractivity contribution is 0.511. The fourth-order valence-electron chi connectivity index (χ4n) is 3.55. The number of aliphatic imine (C=N–C) groups is 1. The Bertz CT molecular complexity index is 592. The van der Waals surface area contributed by atoms with Gasteiger partial charge in [-0.1, -0.05) is 24.6 Å². The van der Waals surface area contributed by atoms with E-state index in [1.807, 2.05) is 6.07 Å². The maximum absolute atomic E-state index is 12.5. The molecule has 0 radical (unpaired) electrons. The molecule has 1 aliphatic carbocycles. The highest BCUT2D eigenvalue weighted by Crippen LogP contribution is 2.37. The summed E-state index contributed by atoms with van der Waals surface area (Å²) in [6, 6.07) is 8.84. The molecule has 108 valence electrons. The van der Waals surface area contributed by atoms with Crippen LogP contribution in [-0.4, -0.2) is 26.4 Å². The van der Waals surface area contributed by atoms with Crippen LogP contribution < -0.4 is 0 Å². The molecular formula is C16H21NO2S. The molecule has 1 aliphatic heterocycles. The SMILES string of the molecule is O=S(=O)(C[C@H]1CCC[C@@H]1C1=NCCC1)c1ccccc1. The van der Waals surface area contributed by atoms with Crippen LogP contribution in [0.25, 0.3) is 0 Å². The first-order chi connectivity index (χ1) is 9.67. The summed E-state index contributed by atoms with van der Waals surface area (Å²) in [4.78, 5) is 5.05. The standard InChI is InChI=1S/C16H21NO2S/c18-20(19,14-7-2-1-3-8-14)12-13-6-4-9-15(13)16-10-5-11-17-16/h1-3,7-8,13,15H,4-6,9-12H2/t13-,15+/m1/s1. The zero-order valence-electron chi connectivity index (χ0n) is 11.7. The number of hydrogen-bond donors (Lipinski definition) is 0. The summed E-state index contributed by atoms with van der Waals surface area (Å²) in [6.45, 7) is 0.935. The van der Waals surface area contributed by atoms with Crippen LogP contribution in [0.2, 0.25) is 0 Å². The van der Waals surface area contributed by atoms with Gasteiger partial charge in [-0.25, -0.2) is 8.42 Å². The third-order valence-corrected chi connectivity index (χ3v) is 6.39. The maximum Gasteiger partial charge on any atom is 0.178 e. The van der Waals surface area contributed by atoms with Crippen molar-refractivity contribution in [2.24, 2.45) is 16.8 Å². The summed E-state index contributed by atoms with van der Waals surface area (Å²) in [6.07, 6.45) is 5.50. The first-order valence-corrected chi connectivity index (χ1v) is 9.13.